The summed E-state index contributed by atoms with van der Waals surface area (Å²) in [6.45, 7) is 5.93. The number of halogens is 2. The standard InChI is InChI=1S/C8H18N2O2.2ClH/c1-8(2,3)7(11)12-6(4-9)5-10;;/h6H,4-5,9-10H2,1-3H3;2*1H. The molecule has 6 heteroatoms. The maximum atomic E-state index is 11.3. The third-order valence-electron chi connectivity index (χ3n) is 1.41. The average molecular weight is 247 g/mol. The fourth-order valence-electron chi connectivity index (χ4n) is 0.521. The molecule has 0 rings (SSSR count). The number of ether oxygens (including phenoxy) is 1. The van der Waals surface area contributed by atoms with Crippen LogP contribution in [0.1, 0.15) is 20.8 Å². The summed E-state index contributed by atoms with van der Waals surface area (Å²) in [5.41, 5.74) is 10.2. The van der Waals surface area contributed by atoms with Crippen molar-refractivity contribution in [2.24, 2.45) is 16.9 Å². The van der Waals surface area contributed by atoms with Crippen LogP contribution in [-0.2, 0) is 9.53 Å². The Labute approximate surface area is 97.6 Å². The van der Waals surface area contributed by atoms with Gasteiger partial charge in [0.25, 0.3) is 0 Å². The van der Waals surface area contributed by atoms with Crippen molar-refractivity contribution in [3.05, 3.63) is 0 Å². The molecular formula is C8H20Cl2N2O2. The predicted octanol–water partition coefficient (Wildman–Crippen LogP) is 0.705. The Hall–Kier alpha value is -0.0300. The zero-order valence-corrected chi connectivity index (χ0v) is 10.4. The van der Waals surface area contributed by atoms with Gasteiger partial charge in [-0.2, -0.15) is 0 Å². The van der Waals surface area contributed by atoms with E-state index in [9.17, 15) is 4.79 Å². The lowest BCUT2D eigenvalue weighted by Crippen LogP contribution is -2.37. The van der Waals surface area contributed by atoms with Crippen LogP contribution in [0, 0.1) is 5.41 Å². The molecule has 0 spiro atoms. The molecule has 14 heavy (non-hydrogen) atoms. The smallest absolute Gasteiger partial charge is 0.311 e. The Morgan fingerprint density at radius 3 is 1.79 bits per heavy atom. The van der Waals surface area contributed by atoms with E-state index in [0.717, 1.165) is 0 Å². The van der Waals surface area contributed by atoms with Crippen LogP contribution in [0.4, 0.5) is 0 Å². The molecule has 0 aromatic heterocycles. The van der Waals surface area contributed by atoms with Gasteiger partial charge in [0, 0.05) is 13.1 Å². The summed E-state index contributed by atoms with van der Waals surface area (Å²) < 4.78 is 5.02. The van der Waals surface area contributed by atoms with Crippen molar-refractivity contribution in [3.8, 4) is 0 Å². The van der Waals surface area contributed by atoms with Gasteiger partial charge < -0.3 is 16.2 Å². The molecule has 0 aromatic carbocycles. The van der Waals surface area contributed by atoms with Crippen molar-refractivity contribution in [2.45, 2.75) is 26.9 Å². The Kier molecular flexibility index (Phi) is 11.6. The monoisotopic (exact) mass is 246 g/mol. The Morgan fingerprint density at radius 2 is 1.57 bits per heavy atom. The van der Waals surface area contributed by atoms with Crippen molar-refractivity contribution in [3.63, 3.8) is 0 Å². The van der Waals surface area contributed by atoms with Gasteiger partial charge >= 0.3 is 5.97 Å². The van der Waals surface area contributed by atoms with E-state index < -0.39 is 5.41 Å². The lowest BCUT2D eigenvalue weighted by atomic mass is 9.97. The van der Waals surface area contributed by atoms with Gasteiger partial charge in [-0.15, -0.1) is 24.8 Å². The maximum absolute atomic E-state index is 11.3. The molecule has 0 radical (unpaired) electrons. The van der Waals surface area contributed by atoms with Gasteiger partial charge in [-0.25, -0.2) is 0 Å². The van der Waals surface area contributed by atoms with Crippen LogP contribution in [0.2, 0.25) is 0 Å². The van der Waals surface area contributed by atoms with Crippen LogP contribution in [0.25, 0.3) is 0 Å². The number of carbonyl (C=O) groups is 1. The molecule has 0 aliphatic heterocycles. The molecule has 0 bridgehead atoms. The van der Waals surface area contributed by atoms with Crippen molar-refractivity contribution < 1.29 is 9.53 Å². The van der Waals surface area contributed by atoms with Gasteiger partial charge in [0.05, 0.1) is 5.41 Å². The minimum atomic E-state index is -0.484. The third kappa shape index (κ3) is 7.38. The van der Waals surface area contributed by atoms with Crippen molar-refractivity contribution in [1.82, 2.24) is 0 Å². The van der Waals surface area contributed by atoms with Gasteiger partial charge in [-0.1, -0.05) is 0 Å². The lowest BCUT2D eigenvalue weighted by molar-refractivity contribution is -0.157. The molecule has 0 aliphatic carbocycles. The van der Waals surface area contributed by atoms with Crippen LogP contribution >= 0.6 is 24.8 Å². The van der Waals surface area contributed by atoms with Crippen LogP contribution in [0.5, 0.6) is 0 Å². The molecule has 0 aromatic rings. The number of hydrogen-bond acceptors (Lipinski definition) is 4. The van der Waals surface area contributed by atoms with Gasteiger partial charge in [-0.05, 0) is 20.8 Å². The summed E-state index contributed by atoms with van der Waals surface area (Å²) in [5, 5.41) is 0. The third-order valence-corrected chi connectivity index (χ3v) is 1.41. The molecule has 88 valence electrons. The Bertz CT molecular complexity index is 156. The van der Waals surface area contributed by atoms with E-state index in [2.05, 4.69) is 0 Å². The van der Waals surface area contributed by atoms with E-state index in [0.29, 0.717) is 0 Å². The van der Waals surface area contributed by atoms with E-state index in [1.165, 1.54) is 0 Å². The molecule has 0 amide bonds. The van der Waals surface area contributed by atoms with Crippen molar-refractivity contribution in [1.29, 1.82) is 0 Å². The maximum Gasteiger partial charge on any atom is 0.311 e. The summed E-state index contributed by atoms with van der Waals surface area (Å²) in [6, 6.07) is 0. The SMILES string of the molecule is CC(C)(C)C(=O)OC(CN)CN.Cl.Cl. The highest BCUT2D eigenvalue weighted by Crippen LogP contribution is 2.15. The highest BCUT2D eigenvalue weighted by Gasteiger charge is 2.25. The summed E-state index contributed by atoms with van der Waals surface area (Å²) in [4.78, 5) is 11.3. The molecule has 0 saturated heterocycles. The second-order valence-corrected chi connectivity index (χ2v) is 3.75. The zero-order chi connectivity index (χ0) is 9.78. The molecule has 0 atom stereocenters. The zero-order valence-electron chi connectivity index (χ0n) is 8.78. The van der Waals surface area contributed by atoms with E-state index in [1.54, 1.807) is 20.8 Å². The fourth-order valence-corrected chi connectivity index (χ4v) is 0.521. The molecular weight excluding hydrogens is 227 g/mol. The van der Waals surface area contributed by atoms with Crippen molar-refractivity contribution in [2.75, 3.05) is 13.1 Å². The second kappa shape index (κ2) is 8.29. The molecule has 4 nitrogen and oxygen atoms in total. The quantitative estimate of drug-likeness (QED) is 0.720. The van der Waals surface area contributed by atoms with E-state index in [4.69, 9.17) is 16.2 Å². The van der Waals surface area contributed by atoms with Crippen molar-refractivity contribution >= 4 is 30.8 Å². The number of rotatable bonds is 3. The molecule has 4 N–H and O–H groups in total. The Morgan fingerprint density at radius 1 is 1.21 bits per heavy atom. The normalized spacial score (nSPS) is 10.1. The number of nitrogens with two attached hydrogens (primary N) is 2. The van der Waals surface area contributed by atoms with Gasteiger partial charge in [-0.3, -0.25) is 4.79 Å². The second-order valence-electron chi connectivity index (χ2n) is 3.75. The first kappa shape index (κ1) is 19.5. The summed E-state index contributed by atoms with van der Waals surface area (Å²) in [7, 11) is 0. The highest BCUT2D eigenvalue weighted by atomic mass is 35.5. The van der Waals surface area contributed by atoms with Crippen LogP contribution in [-0.4, -0.2) is 25.2 Å². The summed E-state index contributed by atoms with van der Waals surface area (Å²) in [6.07, 6.45) is -0.350. The predicted molar refractivity (Wildman–Crippen MR) is 61.9 cm³/mol. The van der Waals surface area contributed by atoms with Gasteiger partial charge in [0.15, 0.2) is 0 Å². The Balaban J connectivity index is -0.000000605. The van der Waals surface area contributed by atoms with Gasteiger partial charge in [0.2, 0.25) is 0 Å². The molecule has 0 fully saturated rings. The van der Waals surface area contributed by atoms with E-state index in [-0.39, 0.29) is 50.0 Å². The van der Waals surface area contributed by atoms with Crippen LogP contribution in [0.3, 0.4) is 0 Å². The van der Waals surface area contributed by atoms with Crippen LogP contribution < -0.4 is 11.5 Å². The minimum absolute atomic E-state index is 0. The molecule has 0 unspecified atom stereocenters. The minimum Gasteiger partial charge on any atom is -0.459 e. The first-order valence-corrected chi connectivity index (χ1v) is 4.03. The van der Waals surface area contributed by atoms with E-state index in [1.807, 2.05) is 0 Å². The fraction of sp³-hybridized carbons (Fsp3) is 0.875. The average Bonchev–Trinajstić information content (AvgIpc) is 1.97. The molecule has 0 aliphatic rings. The summed E-state index contributed by atoms with van der Waals surface area (Å²) in [5.74, 6) is -0.261. The van der Waals surface area contributed by atoms with E-state index >= 15 is 0 Å². The lowest BCUT2D eigenvalue weighted by Gasteiger charge is -2.21. The van der Waals surface area contributed by atoms with Gasteiger partial charge in [0.1, 0.15) is 6.10 Å². The van der Waals surface area contributed by atoms with Crippen LogP contribution in [0.15, 0.2) is 0 Å². The number of carbonyl (C=O) groups excluding carboxylic acids is 1. The largest absolute Gasteiger partial charge is 0.459 e. The number of hydrogen-bond donors (Lipinski definition) is 2. The first-order chi connectivity index (χ1) is 5.41. The topological polar surface area (TPSA) is 78.3 Å². The molecule has 0 saturated carbocycles. The summed E-state index contributed by atoms with van der Waals surface area (Å²) >= 11 is 0. The highest BCUT2D eigenvalue weighted by molar-refractivity contribution is 5.85. The molecule has 0 heterocycles. The number of esters is 1. The first-order valence-electron chi connectivity index (χ1n) is 4.03.